The van der Waals surface area contributed by atoms with Crippen molar-refractivity contribution in [2.75, 3.05) is 6.61 Å². The zero-order valence-corrected chi connectivity index (χ0v) is 14.5. The van der Waals surface area contributed by atoms with E-state index in [4.69, 9.17) is 4.74 Å². The zero-order chi connectivity index (χ0) is 19.3. The summed E-state index contributed by atoms with van der Waals surface area (Å²) in [6.07, 6.45) is 2.39. The van der Waals surface area contributed by atoms with Gasteiger partial charge < -0.3 is 4.74 Å². The van der Waals surface area contributed by atoms with Crippen molar-refractivity contribution in [1.29, 1.82) is 0 Å². The number of aryl methyl sites for hydroxylation is 1. The molecule has 6 heteroatoms. The average Bonchev–Trinajstić information content (AvgIpc) is 2.60. The number of hydrogen-bond acceptors (Lipinski definition) is 1. The fourth-order valence-electron chi connectivity index (χ4n) is 2.59. The highest BCUT2D eigenvalue weighted by molar-refractivity contribution is 5.66. The van der Waals surface area contributed by atoms with Crippen LogP contribution < -0.4 is 4.74 Å². The summed E-state index contributed by atoms with van der Waals surface area (Å²) in [5.74, 6) is -5.53. The summed E-state index contributed by atoms with van der Waals surface area (Å²) in [6, 6.07) is 4.86. The summed E-state index contributed by atoms with van der Waals surface area (Å²) >= 11 is 0. The minimum atomic E-state index is -1.30. The molecule has 140 valence electrons. The summed E-state index contributed by atoms with van der Waals surface area (Å²) in [6.45, 7) is 3.06. The summed E-state index contributed by atoms with van der Waals surface area (Å²) in [7, 11) is 0. The van der Waals surface area contributed by atoms with E-state index >= 15 is 0 Å². The molecule has 2 aromatic carbocycles. The van der Waals surface area contributed by atoms with Gasteiger partial charge in [0, 0.05) is 11.1 Å². The quantitative estimate of drug-likeness (QED) is 0.399. The largest absolute Gasteiger partial charge is 0.491 e. The fourth-order valence-corrected chi connectivity index (χ4v) is 2.59. The summed E-state index contributed by atoms with van der Waals surface area (Å²) in [5, 5.41) is 0. The van der Waals surface area contributed by atoms with Crippen LogP contribution in [0.15, 0.2) is 36.2 Å². The minimum Gasteiger partial charge on any atom is -0.491 e. The lowest BCUT2D eigenvalue weighted by molar-refractivity contribution is 0.314. The predicted octanol–water partition coefficient (Wildman–Crippen LogP) is 6.50. The first-order valence-corrected chi connectivity index (χ1v) is 8.27. The first-order chi connectivity index (χ1) is 12.4. The minimum absolute atomic E-state index is 0.1000. The van der Waals surface area contributed by atoms with E-state index in [2.05, 4.69) is 0 Å². The Hall–Kier alpha value is -2.37. The van der Waals surface area contributed by atoms with E-state index in [-0.39, 0.29) is 41.3 Å². The van der Waals surface area contributed by atoms with Gasteiger partial charge in [-0.15, -0.1) is 0 Å². The molecule has 1 nitrogen and oxygen atoms in total. The molecule has 0 fully saturated rings. The van der Waals surface area contributed by atoms with Crippen molar-refractivity contribution in [3.05, 3.63) is 65.0 Å². The maximum absolute atomic E-state index is 14.4. The van der Waals surface area contributed by atoms with Crippen molar-refractivity contribution in [2.24, 2.45) is 0 Å². The van der Waals surface area contributed by atoms with Crippen molar-refractivity contribution in [1.82, 2.24) is 0 Å². The zero-order valence-electron chi connectivity index (χ0n) is 14.5. The highest BCUT2D eigenvalue weighted by atomic mass is 19.2. The average molecular weight is 370 g/mol. The second-order valence-electron chi connectivity index (χ2n) is 5.76. The molecule has 0 spiro atoms. The number of rotatable bonds is 7. The Labute approximate surface area is 149 Å². The lowest BCUT2D eigenvalue weighted by atomic mass is 9.99. The van der Waals surface area contributed by atoms with Crippen LogP contribution in [0.4, 0.5) is 22.0 Å². The van der Waals surface area contributed by atoms with Crippen LogP contribution in [-0.2, 0) is 6.42 Å². The number of allylic oxidation sites excluding steroid dienone is 2. The topological polar surface area (TPSA) is 9.23 Å². The highest BCUT2D eigenvalue weighted by Crippen LogP contribution is 2.33. The Morgan fingerprint density at radius 1 is 0.923 bits per heavy atom. The molecule has 2 aromatic rings. The molecule has 0 unspecified atom stereocenters. The van der Waals surface area contributed by atoms with Crippen LogP contribution in [0.5, 0.6) is 5.75 Å². The molecule has 0 aromatic heterocycles. The van der Waals surface area contributed by atoms with Gasteiger partial charge in [-0.3, -0.25) is 0 Å². The first kappa shape index (κ1) is 19.9. The molecule has 0 heterocycles. The van der Waals surface area contributed by atoms with Gasteiger partial charge in [0.25, 0.3) is 0 Å². The molecule has 0 aliphatic rings. The Balaban J connectivity index is 2.30. The third-order valence-corrected chi connectivity index (χ3v) is 3.88. The van der Waals surface area contributed by atoms with E-state index in [1.165, 1.54) is 31.2 Å². The van der Waals surface area contributed by atoms with Gasteiger partial charge in [-0.2, -0.15) is 4.39 Å². The molecule has 0 N–H and O–H groups in total. The molecular weight excluding hydrogens is 351 g/mol. The number of benzene rings is 2. The van der Waals surface area contributed by atoms with Gasteiger partial charge in [0.15, 0.2) is 23.2 Å². The van der Waals surface area contributed by atoms with Crippen molar-refractivity contribution in [3.8, 4) is 16.9 Å². The van der Waals surface area contributed by atoms with E-state index in [1.807, 2.05) is 0 Å². The molecule has 0 aliphatic carbocycles. The van der Waals surface area contributed by atoms with Gasteiger partial charge >= 0.3 is 0 Å². The van der Waals surface area contributed by atoms with Gasteiger partial charge in [-0.25, -0.2) is 17.6 Å². The van der Waals surface area contributed by atoms with Crippen molar-refractivity contribution < 1.29 is 26.7 Å². The lowest BCUT2D eigenvalue weighted by Crippen LogP contribution is -2.01. The number of halogens is 5. The predicted molar refractivity (Wildman–Crippen MR) is 90.7 cm³/mol. The molecule has 0 amide bonds. The van der Waals surface area contributed by atoms with Crippen LogP contribution in [0, 0.1) is 23.3 Å². The molecule has 26 heavy (non-hydrogen) atoms. The van der Waals surface area contributed by atoms with Gasteiger partial charge in [-0.05, 0) is 50.8 Å². The maximum atomic E-state index is 14.4. The number of hydrogen-bond donors (Lipinski definition) is 0. The van der Waals surface area contributed by atoms with Crippen LogP contribution in [0.2, 0.25) is 0 Å². The number of ether oxygens (including phenoxy) is 1. The van der Waals surface area contributed by atoms with Crippen LogP contribution in [-0.4, -0.2) is 6.61 Å². The number of unbranched alkanes of at least 4 members (excludes halogenated alkanes) is 1. The third-order valence-electron chi connectivity index (χ3n) is 3.88. The Bertz CT molecular complexity index is 810. The van der Waals surface area contributed by atoms with Gasteiger partial charge in [0.1, 0.15) is 0 Å². The van der Waals surface area contributed by atoms with Crippen LogP contribution in [0.3, 0.4) is 0 Å². The van der Waals surface area contributed by atoms with Crippen LogP contribution >= 0.6 is 0 Å². The monoisotopic (exact) mass is 370 g/mol. The third kappa shape index (κ3) is 4.42. The van der Waals surface area contributed by atoms with Gasteiger partial charge in [0.2, 0.25) is 5.82 Å². The van der Waals surface area contributed by atoms with Crippen molar-refractivity contribution >= 4 is 0 Å². The smallest absolute Gasteiger partial charge is 0.201 e. The Kier molecular flexibility index (Phi) is 6.77. The normalized spacial score (nSPS) is 11.7. The van der Waals surface area contributed by atoms with Crippen LogP contribution in [0.1, 0.15) is 32.3 Å². The maximum Gasteiger partial charge on any atom is 0.201 e. The second-order valence-corrected chi connectivity index (χ2v) is 5.76. The Morgan fingerprint density at radius 3 is 2.15 bits per heavy atom. The molecule has 0 bridgehead atoms. The van der Waals surface area contributed by atoms with E-state index in [0.717, 1.165) is 6.07 Å². The molecule has 0 aliphatic heterocycles. The molecule has 0 radical (unpaired) electrons. The van der Waals surface area contributed by atoms with E-state index < -0.39 is 23.3 Å². The van der Waals surface area contributed by atoms with Crippen molar-refractivity contribution in [3.63, 3.8) is 0 Å². The molecule has 0 saturated carbocycles. The molecule has 2 rings (SSSR count). The van der Waals surface area contributed by atoms with E-state index in [1.54, 1.807) is 6.92 Å². The SMILES string of the molecule is CCOc1ccc(-c2ccc(CCCC=C(C)F)c(F)c2F)c(F)c1F. The van der Waals surface area contributed by atoms with Gasteiger partial charge in [-0.1, -0.05) is 18.2 Å². The molecule has 0 saturated heterocycles. The lowest BCUT2D eigenvalue weighted by Gasteiger charge is -2.12. The van der Waals surface area contributed by atoms with E-state index in [0.29, 0.717) is 12.8 Å². The Morgan fingerprint density at radius 2 is 1.54 bits per heavy atom. The molecule has 0 atom stereocenters. The highest BCUT2D eigenvalue weighted by Gasteiger charge is 2.21. The fraction of sp³-hybridized carbons (Fsp3) is 0.300. The first-order valence-electron chi connectivity index (χ1n) is 8.27. The summed E-state index contributed by atoms with van der Waals surface area (Å²) in [4.78, 5) is 0. The van der Waals surface area contributed by atoms with E-state index in [9.17, 15) is 22.0 Å². The van der Waals surface area contributed by atoms with Crippen molar-refractivity contribution in [2.45, 2.75) is 33.1 Å². The second kappa shape index (κ2) is 8.83. The standard InChI is InChI=1S/C20H19F5O/c1-3-26-16-11-10-15(19(24)20(16)25)14-9-8-13(17(22)18(14)23)7-5-4-6-12(2)21/h6,8-11H,3-5,7H2,1-2H3. The van der Waals surface area contributed by atoms with Crippen LogP contribution in [0.25, 0.3) is 11.1 Å². The summed E-state index contributed by atoms with van der Waals surface area (Å²) in [5.41, 5.74) is -0.655. The summed E-state index contributed by atoms with van der Waals surface area (Å²) < 4.78 is 74.4. The molecular formula is C20H19F5O. The van der Waals surface area contributed by atoms with Gasteiger partial charge in [0.05, 0.1) is 12.4 Å².